The minimum Gasteiger partial charge on any atom is -0.385 e. The molecule has 0 aromatic carbocycles. The molecule has 1 heterocycles. The Morgan fingerprint density at radius 2 is 2.27 bits per heavy atom. The van der Waals surface area contributed by atoms with Gasteiger partial charge in [-0.3, -0.25) is 9.48 Å². The van der Waals surface area contributed by atoms with Gasteiger partial charge in [-0.1, -0.05) is 6.92 Å². The summed E-state index contributed by atoms with van der Waals surface area (Å²) in [5.74, 6) is -0.132. The second kappa shape index (κ2) is 5.07. The highest BCUT2D eigenvalue weighted by Gasteiger charge is 2.15. The number of carbonyl (C=O) groups is 1. The van der Waals surface area contributed by atoms with Gasteiger partial charge < -0.3 is 5.11 Å². The van der Waals surface area contributed by atoms with Crippen molar-refractivity contribution in [2.24, 2.45) is 0 Å². The van der Waals surface area contributed by atoms with E-state index < -0.39 is 6.10 Å². The topological polar surface area (TPSA) is 55.1 Å². The zero-order valence-electron chi connectivity index (χ0n) is 9.53. The van der Waals surface area contributed by atoms with Crippen LogP contribution in [0.4, 0.5) is 0 Å². The number of aromatic nitrogens is 2. The number of nitrogens with zero attached hydrogens (tertiary/aromatic N) is 2. The molecule has 0 aliphatic heterocycles. The average molecular weight is 210 g/mol. The van der Waals surface area contributed by atoms with E-state index in [4.69, 9.17) is 0 Å². The van der Waals surface area contributed by atoms with Crippen LogP contribution in [-0.4, -0.2) is 26.8 Å². The van der Waals surface area contributed by atoms with Crippen molar-refractivity contribution < 1.29 is 9.90 Å². The lowest BCUT2D eigenvalue weighted by Gasteiger charge is -2.07. The van der Waals surface area contributed by atoms with Gasteiger partial charge in [0.25, 0.3) is 0 Å². The van der Waals surface area contributed by atoms with E-state index in [2.05, 4.69) is 5.10 Å². The van der Waals surface area contributed by atoms with Gasteiger partial charge in [0.05, 0.1) is 12.1 Å². The Hall–Kier alpha value is -1.16. The summed E-state index contributed by atoms with van der Waals surface area (Å²) in [6, 6.07) is 1.89. The van der Waals surface area contributed by atoms with Crippen molar-refractivity contribution in [1.29, 1.82) is 0 Å². The Morgan fingerprint density at radius 1 is 1.60 bits per heavy atom. The maximum atomic E-state index is 11.5. The monoisotopic (exact) mass is 210 g/mol. The molecule has 1 aromatic rings. The minimum absolute atomic E-state index is 0.132. The normalized spacial score (nSPS) is 12.8. The largest absolute Gasteiger partial charge is 0.385 e. The first-order valence-electron chi connectivity index (χ1n) is 5.32. The predicted octanol–water partition coefficient (Wildman–Crippen LogP) is 1.09. The molecule has 0 aliphatic rings. The second-order valence-corrected chi connectivity index (χ2v) is 3.66. The molecule has 15 heavy (non-hydrogen) atoms. The van der Waals surface area contributed by atoms with Gasteiger partial charge in [-0.05, 0) is 26.3 Å². The number of Topliss-reactive ketones (excluding diaryl/α,β-unsaturated/α-hetero) is 1. The van der Waals surface area contributed by atoms with Crippen LogP contribution < -0.4 is 0 Å². The fraction of sp³-hybridized carbons (Fsp3) is 0.636. The molecule has 1 atom stereocenters. The Bertz CT molecular complexity index is 344. The van der Waals surface area contributed by atoms with Gasteiger partial charge >= 0.3 is 0 Å². The van der Waals surface area contributed by atoms with Crippen molar-refractivity contribution in [3.63, 3.8) is 0 Å². The third-order valence-corrected chi connectivity index (χ3v) is 2.40. The highest BCUT2D eigenvalue weighted by atomic mass is 16.3. The van der Waals surface area contributed by atoms with Crippen LogP contribution in [0.2, 0.25) is 0 Å². The predicted molar refractivity (Wildman–Crippen MR) is 57.6 cm³/mol. The number of hydrogen-bond acceptors (Lipinski definition) is 3. The number of ketones is 1. The summed E-state index contributed by atoms with van der Waals surface area (Å²) in [5.41, 5.74) is 1.79. The van der Waals surface area contributed by atoms with Crippen LogP contribution in [0.5, 0.6) is 0 Å². The van der Waals surface area contributed by atoms with Gasteiger partial charge in [0.2, 0.25) is 0 Å². The minimum atomic E-state index is -0.842. The van der Waals surface area contributed by atoms with Crippen molar-refractivity contribution in [1.82, 2.24) is 9.78 Å². The lowest BCUT2D eigenvalue weighted by molar-refractivity contribution is -0.126. The van der Waals surface area contributed by atoms with Crippen LogP contribution in [0, 0.1) is 6.92 Å². The van der Waals surface area contributed by atoms with Crippen LogP contribution >= 0.6 is 0 Å². The van der Waals surface area contributed by atoms with E-state index in [9.17, 15) is 9.90 Å². The summed E-state index contributed by atoms with van der Waals surface area (Å²) < 4.78 is 1.80. The molecule has 1 rings (SSSR count). The van der Waals surface area contributed by atoms with E-state index in [1.807, 2.05) is 19.9 Å². The van der Waals surface area contributed by atoms with Crippen LogP contribution in [0.1, 0.15) is 31.7 Å². The molecule has 84 valence electrons. The van der Waals surface area contributed by atoms with Gasteiger partial charge in [-0.25, -0.2) is 0 Å². The maximum Gasteiger partial charge on any atom is 0.167 e. The molecule has 0 amide bonds. The van der Waals surface area contributed by atoms with Crippen molar-refractivity contribution in [3.05, 3.63) is 17.5 Å². The molecule has 1 aromatic heterocycles. The summed E-state index contributed by atoms with van der Waals surface area (Å²) in [6.45, 7) is 6.43. The number of carbonyl (C=O) groups excluding carboxylic acids is 1. The molecule has 0 aliphatic carbocycles. The Morgan fingerprint density at radius 3 is 2.80 bits per heavy atom. The highest BCUT2D eigenvalue weighted by molar-refractivity contribution is 5.84. The Balaban J connectivity index is 2.75. The number of aliphatic hydroxyl groups excluding tert-OH is 1. The number of rotatable bonds is 5. The molecule has 0 spiro atoms. The summed E-state index contributed by atoms with van der Waals surface area (Å²) in [6.07, 6.45) is -0.104. The number of aryl methyl sites for hydroxylation is 2. The zero-order valence-corrected chi connectivity index (χ0v) is 9.53. The average Bonchev–Trinajstić information content (AvgIpc) is 2.57. The van der Waals surface area contributed by atoms with E-state index in [-0.39, 0.29) is 12.2 Å². The zero-order chi connectivity index (χ0) is 11.4. The molecule has 0 bridgehead atoms. The lowest BCUT2D eigenvalue weighted by Crippen LogP contribution is -2.22. The Kier molecular flexibility index (Phi) is 4.03. The van der Waals surface area contributed by atoms with E-state index in [0.717, 1.165) is 17.9 Å². The van der Waals surface area contributed by atoms with Gasteiger partial charge in [-0.15, -0.1) is 0 Å². The summed E-state index contributed by atoms with van der Waals surface area (Å²) in [7, 11) is 0. The van der Waals surface area contributed by atoms with Crippen molar-refractivity contribution in [2.45, 2.75) is 46.3 Å². The third kappa shape index (κ3) is 2.89. The second-order valence-electron chi connectivity index (χ2n) is 3.66. The fourth-order valence-electron chi connectivity index (χ4n) is 1.54. The van der Waals surface area contributed by atoms with E-state index in [1.165, 1.54) is 0 Å². The quantitative estimate of drug-likeness (QED) is 0.791. The molecule has 0 saturated carbocycles. The highest BCUT2D eigenvalue weighted by Crippen LogP contribution is 2.07. The van der Waals surface area contributed by atoms with Gasteiger partial charge in [-0.2, -0.15) is 5.10 Å². The van der Waals surface area contributed by atoms with Crippen molar-refractivity contribution >= 4 is 5.78 Å². The molecule has 1 N–H and O–H groups in total. The van der Waals surface area contributed by atoms with Crippen LogP contribution in [0.15, 0.2) is 6.07 Å². The molecule has 1 unspecified atom stereocenters. The molecular weight excluding hydrogens is 192 g/mol. The molecule has 4 heteroatoms. The molecule has 0 saturated heterocycles. The molecular formula is C11H18N2O2. The Labute approximate surface area is 89.9 Å². The standard InChI is InChI=1S/C11H18N2O2/c1-4-10(14)11(15)7-9-6-8(3)12-13(9)5-2/h6,10,14H,4-5,7H2,1-3H3. The lowest BCUT2D eigenvalue weighted by atomic mass is 10.1. The summed E-state index contributed by atoms with van der Waals surface area (Å²) in [4.78, 5) is 11.5. The molecule has 4 nitrogen and oxygen atoms in total. The van der Waals surface area contributed by atoms with Crippen LogP contribution in [0.3, 0.4) is 0 Å². The number of aliphatic hydroxyl groups is 1. The first-order valence-corrected chi connectivity index (χ1v) is 5.32. The first-order chi connectivity index (χ1) is 7.08. The van der Waals surface area contributed by atoms with Crippen molar-refractivity contribution in [2.75, 3.05) is 0 Å². The van der Waals surface area contributed by atoms with Gasteiger partial charge in [0, 0.05) is 12.2 Å². The molecule has 0 radical (unpaired) electrons. The van der Waals surface area contributed by atoms with E-state index >= 15 is 0 Å². The summed E-state index contributed by atoms with van der Waals surface area (Å²) in [5, 5.41) is 13.6. The SMILES string of the molecule is CCC(O)C(=O)Cc1cc(C)nn1CC. The van der Waals surface area contributed by atoms with E-state index in [0.29, 0.717) is 6.42 Å². The van der Waals surface area contributed by atoms with E-state index in [1.54, 1.807) is 11.6 Å². The van der Waals surface area contributed by atoms with Crippen molar-refractivity contribution in [3.8, 4) is 0 Å². The van der Waals surface area contributed by atoms with Crippen LogP contribution in [0.25, 0.3) is 0 Å². The first kappa shape index (κ1) is 11.9. The number of hydrogen-bond donors (Lipinski definition) is 1. The third-order valence-electron chi connectivity index (χ3n) is 2.40. The fourth-order valence-corrected chi connectivity index (χ4v) is 1.54. The smallest absolute Gasteiger partial charge is 0.167 e. The molecule has 0 fully saturated rings. The van der Waals surface area contributed by atoms with Gasteiger partial charge in [0.1, 0.15) is 6.10 Å². The summed E-state index contributed by atoms with van der Waals surface area (Å²) >= 11 is 0. The van der Waals surface area contributed by atoms with Gasteiger partial charge in [0.15, 0.2) is 5.78 Å². The van der Waals surface area contributed by atoms with Crippen LogP contribution in [-0.2, 0) is 17.8 Å². The maximum absolute atomic E-state index is 11.5.